The molecule has 5 heteroatoms. The van der Waals surface area contributed by atoms with Gasteiger partial charge in [-0.15, -0.1) is 0 Å². The lowest BCUT2D eigenvalue weighted by Gasteiger charge is -2.38. The van der Waals surface area contributed by atoms with Crippen molar-refractivity contribution in [2.75, 3.05) is 6.54 Å². The molecule has 0 aliphatic carbocycles. The molecule has 0 radical (unpaired) electrons. The predicted molar refractivity (Wildman–Crippen MR) is 112 cm³/mol. The molecular weight excluding hydrogens is 348 g/mol. The molecule has 2 aromatic carbocycles. The third kappa shape index (κ3) is 3.67. The van der Waals surface area contributed by atoms with Crippen LogP contribution >= 0.6 is 0 Å². The van der Waals surface area contributed by atoms with E-state index in [1.54, 1.807) is 0 Å². The molecule has 0 bridgehead atoms. The number of piperidine rings is 1. The maximum Gasteiger partial charge on any atom is 0.223 e. The predicted octanol–water partition coefficient (Wildman–Crippen LogP) is 3.69. The number of nitrogens with two attached hydrogens (primary N) is 1. The van der Waals surface area contributed by atoms with Crippen LogP contribution in [0.4, 0.5) is 0 Å². The second kappa shape index (κ2) is 8.15. The van der Waals surface area contributed by atoms with E-state index in [0.29, 0.717) is 12.8 Å². The van der Waals surface area contributed by atoms with E-state index >= 15 is 0 Å². The van der Waals surface area contributed by atoms with E-state index < -0.39 is 0 Å². The molecule has 1 aliphatic heterocycles. The fourth-order valence-corrected chi connectivity index (χ4v) is 4.28. The Kier molecular flexibility index (Phi) is 5.44. The molecule has 2 unspecified atom stereocenters. The van der Waals surface area contributed by atoms with Gasteiger partial charge in [0.25, 0.3) is 0 Å². The molecule has 2 N–H and O–H groups in total. The van der Waals surface area contributed by atoms with Gasteiger partial charge in [-0.3, -0.25) is 9.36 Å². The van der Waals surface area contributed by atoms with Crippen LogP contribution < -0.4 is 5.73 Å². The van der Waals surface area contributed by atoms with Gasteiger partial charge in [-0.05, 0) is 50.5 Å². The van der Waals surface area contributed by atoms with Gasteiger partial charge >= 0.3 is 0 Å². The van der Waals surface area contributed by atoms with Crippen molar-refractivity contribution in [2.45, 2.75) is 51.1 Å². The summed E-state index contributed by atoms with van der Waals surface area (Å²) in [5.74, 6) is 1.11. The molecule has 1 fully saturated rings. The molecule has 28 heavy (non-hydrogen) atoms. The highest BCUT2D eigenvalue weighted by molar-refractivity contribution is 5.79. The molecule has 146 valence electrons. The second-order valence-electron chi connectivity index (χ2n) is 7.70. The summed E-state index contributed by atoms with van der Waals surface area (Å²) in [5, 5.41) is 0. The number of hydrogen-bond donors (Lipinski definition) is 1. The molecule has 1 amide bonds. The summed E-state index contributed by atoms with van der Waals surface area (Å²) in [5.41, 5.74) is 9.25. The maximum absolute atomic E-state index is 13.0. The number of rotatable bonds is 5. The Labute approximate surface area is 166 Å². The number of carbonyl (C=O) groups excluding carboxylic acids is 1. The molecule has 1 saturated heterocycles. The molecule has 1 aliphatic rings. The van der Waals surface area contributed by atoms with Crippen LogP contribution in [0.5, 0.6) is 0 Å². The Bertz CT molecular complexity index is 948. The first kappa shape index (κ1) is 18.7. The van der Waals surface area contributed by atoms with Crippen LogP contribution in [0.2, 0.25) is 0 Å². The van der Waals surface area contributed by atoms with E-state index in [2.05, 4.69) is 22.8 Å². The fourth-order valence-electron chi connectivity index (χ4n) is 4.28. The molecule has 2 atom stereocenters. The van der Waals surface area contributed by atoms with Gasteiger partial charge in [0.2, 0.25) is 5.91 Å². The van der Waals surface area contributed by atoms with Crippen molar-refractivity contribution in [2.24, 2.45) is 5.73 Å². The Morgan fingerprint density at radius 2 is 1.89 bits per heavy atom. The highest BCUT2D eigenvalue weighted by Gasteiger charge is 2.29. The van der Waals surface area contributed by atoms with Crippen LogP contribution in [0.15, 0.2) is 54.6 Å². The summed E-state index contributed by atoms with van der Waals surface area (Å²) >= 11 is 0. The van der Waals surface area contributed by atoms with E-state index in [1.807, 2.05) is 48.2 Å². The van der Waals surface area contributed by atoms with E-state index in [9.17, 15) is 4.79 Å². The number of para-hydroxylation sites is 3. The van der Waals surface area contributed by atoms with Crippen molar-refractivity contribution in [1.29, 1.82) is 0 Å². The monoisotopic (exact) mass is 376 g/mol. The third-order valence-corrected chi connectivity index (χ3v) is 5.68. The van der Waals surface area contributed by atoms with Crippen LogP contribution in [0.1, 0.15) is 38.4 Å². The molecule has 0 spiro atoms. The van der Waals surface area contributed by atoms with Crippen molar-refractivity contribution in [3.8, 4) is 5.69 Å². The number of fused-ring (bicyclic) bond motifs is 1. The van der Waals surface area contributed by atoms with Gasteiger partial charge in [-0.25, -0.2) is 4.98 Å². The van der Waals surface area contributed by atoms with Crippen molar-refractivity contribution in [3.05, 3.63) is 60.4 Å². The first-order chi connectivity index (χ1) is 13.6. The van der Waals surface area contributed by atoms with Crippen LogP contribution in [0.25, 0.3) is 16.7 Å². The number of aryl methyl sites for hydroxylation is 1. The largest absolute Gasteiger partial charge is 0.338 e. The summed E-state index contributed by atoms with van der Waals surface area (Å²) in [6.45, 7) is 2.82. The van der Waals surface area contributed by atoms with Crippen LogP contribution in [-0.4, -0.2) is 39.0 Å². The number of hydrogen-bond acceptors (Lipinski definition) is 3. The van der Waals surface area contributed by atoms with Crippen molar-refractivity contribution >= 4 is 16.9 Å². The standard InChI is InChI=1S/C23H28N4O/c1-17(24)20-12-7-8-16-26(20)23(28)15-14-22-25-19-11-5-6-13-21(19)27(22)18-9-3-2-4-10-18/h2-6,9-11,13,17,20H,7-8,12,14-16,24H2,1H3. The zero-order valence-corrected chi connectivity index (χ0v) is 16.4. The molecule has 5 nitrogen and oxygen atoms in total. The lowest BCUT2D eigenvalue weighted by molar-refractivity contribution is -0.135. The van der Waals surface area contributed by atoms with Gasteiger partial charge in [0, 0.05) is 37.2 Å². The molecular formula is C23H28N4O. The van der Waals surface area contributed by atoms with Gasteiger partial charge in [0.1, 0.15) is 5.82 Å². The summed E-state index contributed by atoms with van der Waals surface area (Å²) < 4.78 is 2.17. The average Bonchev–Trinajstić information content (AvgIpc) is 3.11. The zero-order chi connectivity index (χ0) is 19.5. The van der Waals surface area contributed by atoms with Gasteiger partial charge in [0.05, 0.1) is 11.0 Å². The Balaban J connectivity index is 1.59. The molecule has 4 rings (SSSR count). The van der Waals surface area contributed by atoms with Crippen LogP contribution in [-0.2, 0) is 11.2 Å². The van der Waals surface area contributed by atoms with Crippen LogP contribution in [0.3, 0.4) is 0 Å². The lowest BCUT2D eigenvalue weighted by atomic mass is 9.96. The SMILES string of the molecule is CC(N)C1CCCCN1C(=O)CCc1nc2ccccc2n1-c1ccccc1. The van der Waals surface area contributed by atoms with E-state index in [1.165, 1.54) is 0 Å². The van der Waals surface area contributed by atoms with E-state index in [0.717, 1.165) is 48.4 Å². The average molecular weight is 377 g/mol. The Hall–Kier alpha value is -2.66. The number of nitrogens with zero attached hydrogens (tertiary/aromatic N) is 3. The first-order valence-electron chi connectivity index (χ1n) is 10.2. The number of aromatic nitrogens is 2. The van der Waals surface area contributed by atoms with Crippen molar-refractivity contribution < 1.29 is 4.79 Å². The van der Waals surface area contributed by atoms with Gasteiger partial charge in [-0.1, -0.05) is 30.3 Å². The number of imidazole rings is 1. The zero-order valence-electron chi connectivity index (χ0n) is 16.4. The minimum absolute atomic E-state index is 0.0122. The fraction of sp³-hybridized carbons (Fsp3) is 0.391. The maximum atomic E-state index is 13.0. The Morgan fingerprint density at radius 3 is 2.68 bits per heavy atom. The van der Waals surface area contributed by atoms with E-state index in [-0.39, 0.29) is 18.0 Å². The molecule has 2 heterocycles. The minimum atomic E-state index is 0.0122. The smallest absolute Gasteiger partial charge is 0.223 e. The highest BCUT2D eigenvalue weighted by atomic mass is 16.2. The summed E-state index contributed by atoms with van der Waals surface area (Å²) in [6.07, 6.45) is 4.30. The number of amides is 1. The van der Waals surface area contributed by atoms with Crippen LogP contribution in [0, 0.1) is 0 Å². The second-order valence-corrected chi connectivity index (χ2v) is 7.70. The highest BCUT2D eigenvalue weighted by Crippen LogP contribution is 2.24. The van der Waals surface area contributed by atoms with E-state index in [4.69, 9.17) is 10.7 Å². The Morgan fingerprint density at radius 1 is 1.14 bits per heavy atom. The first-order valence-corrected chi connectivity index (χ1v) is 10.2. The minimum Gasteiger partial charge on any atom is -0.338 e. The normalized spacial score (nSPS) is 18.4. The van der Waals surface area contributed by atoms with Gasteiger partial charge in [-0.2, -0.15) is 0 Å². The summed E-state index contributed by atoms with van der Waals surface area (Å²) in [6, 6.07) is 18.5. The quantitative estimate of drug-likeness (QED) is 0.739. The van der Waals surface area contributed by atoms with Crippen molar-refractivity contribution in [3.63, 3.8) is 0 Å². The molecule has 3 aromatic rings. The number of likely N-dealkylation sites (tertiary alicyclic amines) is 1. The van der Waals surface area contributed by atoms with Gasteiger partial charge in [0.15, 0.2) is 0 Å². The summed E-state index contributed by atoms with van der Waals surface area (Å²) in [7, 11) is 0. The molecule has 1 aromatic heterocycles. The lowest BCUT2D eigenvalue weighted by Crippen LogP contribution is -2.51. The van der Waals surface area contributed by atoms with Crippen molar-refractivity contribution in [1.82, 2.24) is 14.5 Å². The number of benzene rings is 2. The third-order valence-electron chi connectivity index (χ3n) is 5.68. The number of carbonyl (C=O) groups is 1. The van der Waals surface area contributed by atoms with Gasteiger partial charge < -0.3 is 10.6 Å². The summed E-state index contributed by atoms with van der Waals surface area (Å²) in [4.78, 5) is 19.8. The molecule has 0 saturated carbocycles. The topological polar surface area (TPSA) is 64.2 Å².